The van der Waals surface area contributed by atoms with E-state index in [0.29, 0.717) is 0 Å². The van der Waals surface area contributed by atoms with Gasteiger partial charge in [-0.25, -0.2) is 0 Å². The van der Waals surface area contributed by atoms with E-state index in [2.05, 4.69) is 24.1 Å². The van der Waals surface area contributed by atoms with E-state index in [4.69, 9.17) is 0 Å². The van der Waals surface area contributed by atoms with E-state index in [9.17, 15) is 0 Å². The molecular weight excluding hydrogens is 220 g/mol. The van der Waals surface area contributed by atoms with Crippen LogP contribution >= 0.6 is 0 Å². The summed E-state index contributed by atoms with van der Waals surface area (Å²) < 4.78 is 0. The predicted octanol–water partition coefficient (Wildman–Crippen LogP) is 3.28. The molecule has 2 fully saturated rings. The summed E-state index contributed by atoms with van der Waals surface area (Å²) in [4.78, 5) is 2.69. The first kappa shape index (κ1) is 14.3. The third-order valence-electron chi connectivity index (χ3n) is 4.83. The average molecular weight is 252 g/mol. The van der Waals surface area contributed by atoms with Gasteiger partial charge in [0.2, 0.25) is 0 Å². The number of likely N-dealkylation sites (tertiary alicyclic amines) is 1. The molecule has 106 valence electrons. The lowest BCUT2D eigenvalue weighted by Crippen LogP contribution is -2.38. The Bertz CT molecular complexity index is 225. The summed E-state index contributed by atoms with van der Waals surface area (Å²) in [6.45, 7) is 10.1. The van der Waals surface area contributed by atoms with Gasteiger partial charge in [-0.1, -0.05) is 26.7 Å². The van der Waals surface area contributed by atoms with Gasteiger partial charge in [0.05, 0.1) is 0 Å². The number of nitrogens with zero attached hydrogens (tertiary/aromatic N) is 1. The second-order valence-corrected chi connectivity index (χ2v) is 6.69. The number of piperidine rings is 1. The zero-order valence-electron chi connectivity index (χ0n) is 12.5. The van der Waals surface area contributed by atoms with Crippen molar-refractivity contribution in [3.63, 3.8) is 0 Å². The second kappa shape index (κ2) is 7.49. The molecule has 1 heterocycles. The minimum Gasteiger partial charge on any atom is -0.314 e. The highest BCUT2D eigenvalue weighted by atomic mass is 15.1. The van der Waals surface area contributed by atoms with Crippen LogP contribution in [-0.4, -0.2) is 37.1 Å². The van der Waals surface area contributed by atoms with Gasteiger partial charge in [-0.15, -0.1) is 0 Å². The quantitative estimate of drug-likeness (QED) is 0.667. The number of nitrogens with one attached hydrogen (secondary N) is 1. The Labute approximate surface area is 114 Å². The minimum atomic E-state index is 0.891. The Hall–Kier alpha value is -0.0800. The SMILES string of the molecule is CC1CCN(CCCCCCNC2CC2)CC1C. The summed E-state index contributed by atoms with van der Waals surface area (Å²) in [5.41, 5.74) is 0. The summed E-state index contributed by atoms with van der Waals surface area (Å²) in [6, 6.07) is 0.891. The summed E-state index contributed by atoms with van der Waals surface area (Å²) >= 11 is 0. The maximum atomic E-state index is 3.60. The van der Waals surface area contributed by atoms with Crippen LogP contribution in [0.3, 0.4) is 0 Å². The molecule has 2 atom stereocenters. The van der Waals surface area contributed by atoms with Gasteiger partial charge in [0, 0.05) is 12.6 Å². The van der Waals surface area contributed by atoms with Gasteiger partial charge >= 0.3 is 0 Å². The van der Waals surface area contributed by atoms with Crippen LogP contribution in [0.5, 0.6) is 0 Å². The molecule has 2 aliphatic rings. The van der Waals surface area contributed by atoms with Crippen molar-refractivity contribution >= 4 is 0 Å². The molecule has 0 radical (unpaired) electrons. The fraction of sp³-hybridized carbons (Fsp3) is 1.00. The summed E-state index contributed by atoms with van der Waals surface area (Å²) in [5.74, 6) is 1.84. The van der Waals surface area contributed by atoms with Crippen LogP contribution < -0.4 is 5.32 Å². The smallest absolute Gasteiger partial charge is 0.00682 e. The molecule has 2 heteroatoms. The van der Waals surface area contributed by atoms with Gasteiger partial charge in [-0.3, -0.25) is 0 Å². The first-order chi connectivity index (χ1) is 8.75. The maximum Gasteiger partial charge on any atom is 0.00682 e. The lowest BCUT2D eigenvalue weighted by atomic mass is 9.88. The van der Waals surface area contributed by atoms with E-state index < -0.39 is 0 Å². The molecule has 0 aromatic carbocycles. The molecule has 1 aliphatic heterocycles. The first-order valence-electron chi connectivity index (χ1n) is 8.21. The Morgan fingerprint density at radius 1 is 0.944 bits per heavy atom. The molecule has 0 spiro atoms. The highest BCUT2D eigenvalue weighted by Gasteiger charge is 2.22. The van der Waals surface area contributed by atoms with Crippen LogP contribution in [0.4, 0.5) is 0 Å². The van der Waals surface area contributed by atoms with Crippen molar-refractivity contribution in [2.75, 3.05) is 26.2 Å². The highest BCUT2D eigenvalue weighted by molar-refractivity contribution is 4.80. The van der Waals surface area contributed by atoms with Crippen molar-refractivity contribution in [2.24, 2.45) is 11.8 Å². The molecule has 0 bridgehead atoms. The number of rotatable bonds is 8. The summed E-state index contributed by atoms with van der Waals surface area (Å²) in [6.07, 6.45) is 9.88. The van der Waals surface area contributed by atoms with Gasteiger partial charge < -0.3 is 10.2 Å². The Morgan fingerprint density at radius 2 is 1.72 bits per heavy atom. The Morgan fingerprint density at radius 3 is 2.44 bits per heavy atom. The van der Waals surface area contributed by atoms with E-state index in [1.165, 1.54) is 71.1 Å². The summed E-state index contributed by atoms with van der Waals surface area (Å²) in [5, 5.41) is 3.60. The van der Waals surface area contributed by atoms with Crippen molar-refractivity contribution in [1.82, 2.24) is 10.2 Å². The van der Waals surface area contributed by atoms with E-state index >= 15 is 0 Å². The van der Waals surface area contributed by atoms with E-state index in [1.807, 2.05) is 0 Å². The van der Waals surface area contributed by atoms with Crippen molar-refractivity contribution < 1.29 is 0 Å². The lowest BCUT2D eigenvalue weighted by Gasteiger charge is -2.35. The third kappa shape index (κ3) is 5.27. The zero-order valence-corrected chi connectivity index (χ0v) is 12.5. The molecule has 1 saturated heterocycles. The molecule has 18 heavy (non-hydrogen) atoms. The van der Waals surface area contributed by atoms with Gasteiger partial charge in [-0.05, 0) is 63.6 Å². The van der Waals surface area contributed by atoms with Crippen molar-refractivity contribution in [3.8, 4) is 0 Å². The van der Waals surface area contributed by atoms with Crippen LogP contribution in [0.15, 0.2) is 0 Å². The van der Waals surface area contributed by atoms with Crippen LogP contribution in [0.2, 0.25) is 0 Å². The fourth-order valence-electron chi connectivity index (χ4n) is 2.96. The molecular formula is C16H32N2. The van der Waals surface area contributed by atoms with Crippen molar-refractivity contribution in [1.29, 1.82) is 0 Å². The van der Waals surface area contributed by atoms with Crippen LogP contribution in [-0.2, 0) is 0 Å². The van der Waals surface area contributed by atoms with Gasteiger partial charge in [-0.2, -0.15) is 0 Å². The van der Waals surface area contributed by atoms with Gasteiger partial charge in [0.1, 0.15) is 0 Å². The van der Waals surface area contributed by atoms with Crippen molar-refractivity contribution in [2.45, 2.75) is 64.8 Å². The van der Waals surface area contributed by atoms with Crippen LogP contribution in [0.25, 0.3) is 0 Å². The van der Waals surface area contributed by atoms with E-state index in [0.717, 1.165) is 17.9 Å². The monoisotopic (exact) mass is 252 g/mol. The highest BCUT2D eigenvalue weighted by Crippen LogP contribution is 2.22. The third-order valence-corrected chi connectivity index (χ3v) is 4.83. The number of hydrogen-bond donors (Lipinski definition) is 1. The van der Waals surface area contributed by atoms with Gasteiger partial charge in [0.25, 0.3) is 0 Å². The molecule has 1 saturated carbocycles. The Balaban J connectivity index is 1.40. The molecule has 0 amide bonds. The van der Waals surface area contributed by atoms with Gasteiger partial charge in [0.15, 0.2) is 0 Å². The molecule has 2 nitrogen and oxygen atoms in total. The summed E-state index contributed by atoms with van der Waals surface area (Å²) in [7, 11) is 0. The maximum absolute atomic E-state index is 3.60. The topological polar surface area (TPSA) is 15.3 Å². The second-order valence-electron chi connectivity index (χ2n) is 6.69. The average Bonchev–Trinajstić information content (AvgIpc) is 3.16. The number of hydrogen-bond acceptors (Lipinski definition) is 2. The molecule has 2 unspecified atom stereocenters. The molecule has 1 N–H and O–H groups in total. The predicted molar refractivity (Wildman–Crippen MR) is 78.9 cm³/mol. The molecule has 0 aromatic heterocycles. The normalized spacial score (nSPS) is 29.7. The minimum absolute atomic E-state index is 0.891. The standard InChI is InChI=1S/C16H32N2/c1-14-9-12-18(13-15(14)2)11-6-4-3-5-10-17-16-7-8-16/h14-17H,3-13H2,1-2H3. The lowest BCUT2D eigenvalue weighted by molar-refractivity contribution is 0.136. The van der Waals surface area contributed by atoms with E-state index in [-0.39, 0.29) is 0 Å². The Kier molecular flexibility index (Phi) is 5.97. The molecule has 1 aliphatic carbocycles. The molecule has 2 rings (SSSR count). The van der Waals surface area contributed by atoms with Crippen LogP contribution in [0.1, 0.15) is 58.8 Å². The first-order valence-corrected chi connectivity index (χ1v) is 8.21. The fourth-order valence-corrected chi connectivity index (χ4v) is 2.96. The number of unbranched alkanes of at least 4 members (excludes halogenated alkanes) is 3. The largest absolute Gasteiger partial charge is 0.314 e. The zero-order chi connectivity index (χ0) is 12.8. The van der Waals surface area contributed by atoms with Crippen molar-refractivity contribution in [3.05, 3.63) is 0 Å². The van der Waals surface area contributed by atoms with Crippen LogP contribution in [0, 0.1) is 11.8 Å². The molecule has 0 aromatic rings. The van der Waals surface area contributed by atoms with E-state index in [1.54, 1.807) is 0 Å².